The van der Waals surface area contributed by atoms with Gasteiger partial charge < -0.3 is 9.84 Å². The van der Waals surface area contributed by atoms with Crippen LogP contribution in [0.15, 0.2) is 28.8 Å². The van der Waals surface area contributed by atoms with Crippen LogP contribution >= 0.6 is 24.0 Å². The van der Waals surface area contributed by atoms with Gasteiger partial charge in [0, 0.05) is 24.5 Å². The molecule has 6 heteroatoms. The molecule has 1 saturated heterocycles. The molecule has 1 N–H and O–H groups in total. The van der Waals surface area contributed by atoms with E-state index in [1.54, 1.807) is 0 Å². The molecular formula is C12H13Cl2N3O. The molecule has 1 aromatic heterocycles. The van der Waals surface area contributed by atoms with Gasteiger partial charge >= 0.3 is 0 Å². The minimum Gasteiger partial charge on any atom is -0.339 e. The number of hydrogen-bond donors (Lipinski definition) is 1. The number of hydrogen-bond acceptors (Lipinski definition) is 4. The summed E-state index contributed by atoms with van der Waals surface area (Å²) in [6.07, 6.45) is 0.681. The molecule has 0 atom stereocenters. The molecule has 0 bridgehead atoms. The largest absolute Gasteiger partial charge is 0.339 e. The lowest BCUT2D eigenvalue weighted by Gasteiger charge is -2.22. The molecular weight excluding hydrogens is 273 g/mol. The minimum absolute atomic E-state index is 0. The van der Waals surface area contributed by atoms with Crippen molar-refractivity contribution < 1.29 is 4.52 Å². The van der Waals surface area contributed by atoms with Crippen molar-refractivity contribution in [2.24, 2.45) is 0 Å². The quantitative estimate of drug-likeness (QED) is 0.941. The van der Waals surface area contributed by atoms with Crippen molar-refractivity contribution in [2.45, 2.75) is 12.3 Å². The molecule has 0 saturated carbocycles. The molecule has 4 nitrogen and oxygen atoms in total. The van der Waals surface area contributed by atoms with Crippen LogP contribution in [0.4, 0.5) is 0 Å². The first-order valence-corrected chi connectivity index (χ1v) is 5.97. The fourth-order valence-corrected chi connectivity index (χ4v) is 1.88. The second kappa shape index (κ2) is 5.69. The average Bonchev–Trinajstić information content (AvgIpc) is 2.67. The molecule has 3 rings (SSSR count). The van der Waals surface area contributed by atoms with Crippen molar-refractivity contribution in [1.82, 2.24) is 15.5 Å². The molecule has 1 aliphatic heterocycles. The third-order valence-electron chi connectivity index (χ3n) is 2.89. The van der Waals surface area contributed by atoms with E-state index in [1.165, 1.54) is 0 Å². The predicted molar refractivity (Wildman–Crippen MR) is 71.4 cm³/mol. The summed E-state index contributed by atoms with van der Waals surface area (Å²) in [5.41, 5.74) is 1.13. The van der Waals surface area contributed by atoms with Gasteiger partial charge in [-0.1, -0.05) is 28.9 Å². The van der Waals surface area contributed by atoms with Crippen LogP contribution in [0.2, 0.25) is 5.02 Å². The second-order valence-corrected chi connectivity index (χ2v) is 4.64. The van der Waals surface area contributed by atoms with Crippen LogP contribution in [0.25, 0.3) is 0 Å². The molecule has 1 aliphatic rings. The molecule has 0 radical (unpaired) electrons. The van der Waals surface area contributed by atoms with E-state index in [4.69, 9.17) is 16.1 Å². The summed E-state index contributed by atoms with van der Waals surface area (Å²) >= 11 is 5.83. The van der Waals surface area contributed by atoms with Crippen molar-refractivity contribution in [2.75, 3.05) is 13.1 Å². The first-order chi connectivity index (χ1) is 8.31. The Bertz CT molecular complexity index is 508. The minimum atomic E-state index is 0. The second-order valence-electron chi connectivity index (χ2n) is 4.21. The highest BCUT2D eigenvalue weighted by molar-refractivity contribution is 6.30. The van der Waals surface area contributed by atoms with Gasteiger partial charge in [0.2, 0.25) is 5.89 Å². The van der Waals surface area contributed by atoms with Crippen molar-refractivity contribution in [1.29, 1.82) is 0 Å². The lowest BCUT2D eigenvalue weighted by Crippen LogP contribution is -2.40. The number of rotatable bonds is 3. The number of benzene rings is 1. The van der Waals surface area contributed by atoms with Crippen LogP contribution in [0.3, 0.4) is 0 Å². The van der Waals surface area contributed by atoms with Crippen LogP contribution < -0.4 is 5.32 Å². The lowest BCUT2D eigenvalue weighted by atomic mass is 10.0. The Morgan fingerprint density at radius 2 is 2.00 bits per heavy atom. The van der Waals surface area contributed by atoms with E-state index in [0.717, 1.165) is 35.4 Å². The van der Waals surface area contributed by atoms with Crippen LogP contribution in [0.5, 0.6) is 0 Å². The average molecular weight is 286 g/mol. The molecule has 1 fully saturated rings. The van der Waals surface area contributed by atoms with Gasteiger partial charge in [0.25, 0.3) is 0 Å². The van der Waals surface area contributed by atoms with Crippen LogP contribution in [-0.2, 0) is 6.42 Å². The summed E-state index contributed by atoms with van der Waals surface area (Å²) < 4.78 is 5.24. The van der Waals surface area contributed by atoms with Gasteiger partial charge in [-0.2, -0.15) is 4.98 Å². The Hall–Kier alpha value is -1.10. The molecule has 0 unspecified atom stereocenters. The van der Waals surface area contributed by atoms with Gasteiger partial charge in [-0.25, -0.2) is 0 Å². The Balaban J connectivity index is 0.00000120. The van der Waals surface area contributed by atoms with Crippen LogP contribution in [0, 0.1) is 0 Å². The van der Waals surface area contributed by atoms with Gasteiger partial charge in [-0.15, -0.1) is 12.4 Å². The van der Waals surface area contributed by atoms with E-state index in [-0.39, 0.29) is 12.4 Å². The summed E-state index contributed by atoms with van der Waals surface area (Å²) in [6.45, 7) is 1.87. The first kappa shape index (κ1) is 13.3. The third-order valence-corrected chi connectivity index (χ3v) is 3.14. The maximum absolute atomic E-state index is 5.83. The highest BCUT2D eigenvalue weighted by Gasteiger charge is 2.24. The first-order valence-electron chi connectivity index (χ1n) is 5.59. The fourth-order valence-electron chi connectivity index (χ4n) is 1.75. The summed E-state index contributed by atoms with van der Waals surface area (Å²) in [4.78, 5) is 4.40. The number of aromatic nitrogens is 2. The number of nitrogens with zero attached hydrogens (tertiary/aromatic N) is 2. The Labute approximate surface area is 116 Å². The van der Waals surface area contributed by atoms with Gasteiger partial charge in [-0.05, 0) is 17.7 Å². The number of halogens is 2. The summed E-state index contributed by atoms with van der Waals surface area (Å²) in [5, 5.41) is 7.91. The monoisotopic (exact) mass is 285 g/mol. The van der Waals surface area contributed by atoms with Gasteiger partial charge in [0.1, 0.15) is 0 Å². The molecule has 2 heterocycles. The molecule has 0 aliphatic carbocycles. The van der Waals surface area contributed by atoms with Crippen molar-refractivity contribution in [3.8, 4) is 0 Å². The molecule has 96 valence electrons. The van der Waals surface area contributed by atoms with E-state index in [0.29, 0.717) is 12.3 Å². The molecule has 2 aromatic rings. The highest BCUT2D eigenvalue weighted by Crippen LogP contribution is 2.18. The lowest BCUT2D eigenvalue weighted by molar-refractivity contribution is 0.306. The summed E-state index contributed by atoms with van der Waals surface area (Å²) in [5.74, 6) is 1.86. The zero-order valence-electron chi connectivity index (χ0n) is 9.60. The summed E-state index contributed by atoms with van der Waals surface area (Å²) in [7, 11) is 0. The molecule has 1 aromatic carbocycles. The normalized spacial score (nSPS) is 14.9. The Kier molecular flexibility index (Phi) is 4.22. The zero-order valence-corrected chi connectivity index (χ0v) is 11.2. The summed E-state index contributed by atoms with van der Waals surface area (Å²) in [6, 6.07) is 7.69. The van der Waals surface area contributed by atoms with Gasteiger partial charge in [-0.3, -0.25) is 0 Å². The van der Waals surface area contributed by atoms with Gasteiger partial charge in [0.15, 0.2) is 5.82 Å². The predicted octanol–water partition coefficient (Wildman–Crippen LogP) is 2.42. The topological polar surface area (TPSA) is 51.0 Å². The van der Waals surface area contributed by atoms with E-state index >= 15 is 0 Å². The van der Waals surface area contributed by atoms with E-state index in [9.17, 15) is 0 Å². The standard InChI is InChI=1S/C12H12ClN3O.ClH/c13-10-3-1-8(2-4-10)5-11-15-12(17-16-11)9-6-14-7-9;/h1-4,9,14H,5-7H2;1H. The SMILES string of the molecule is Cl.Clc1ccc(Cc2noc(C3CNC3)n2)cc1. The zero-order chi connectivity index (χ0) is 11.7. The van der Waals surface area contributed by atoms with Crippen molar-refractivity contribution >= 4 is 24.0 Å². The smallest absolute Gasteiger partial charge is 0.232 e. The van der Waals surface area contributed by atoms with E-state index in [2.05, 4.69) is 15.5 Å². The highest BCUT2D eigenvalue weighted by atomic mass is 35.5. The maximum atomic E-state index is 5.83. The molecule has 0 amide bonds. The Morgan fingerprint density at radius 3 is 2.61 bits per heavy atom. The Morgan fingerprint density at radius 1 is 1.28 bits per heavy atom. The number of nitrogens with one attached hydrogen (secondary N) is 1. The van der Waals surface area contributed by atoms with Crippen LogP contribution in [-0.4, -0.2) is 23.2 Å². The fraction of sp³-hybridized carbons (Fsp3) is 0.333. The van der Waals surface area contributed by atoms with Crippen molar-refractivity contribution in [3.05, 3.63) is 46.6 Å². The van der Waals surface area contributed by atoms with E-state index < -0.39 is 0 Å². The molecule has 0 spiro atoms. The third kappa shape index (κ3) is 2.83. The maximum Gasteiger partial charge on any atom is 0.232 e. The van der Waals surface area contributed by atoms with Crippen molar-refractivity contribution in [3.63, 3.8) is 0 Å². The molecule has 18 heavy (non-hydrogen) atoms. The van der Waals surface area contributed by atoms with E-state index in [1.807, 2.05) is 24.3 Å². The van der Waals surface area contributed by atoms with Gasteiger partial charge in [0.05, 0.1) is 5.92 Å². The van der Waals surface area contributed by atoms with Crippen LogP contribution in [0.1, 0.15) is 23.2 Å².